The van der Waals surface area contributed by atoms with Crippen molar-refractivity contribution >= 4 is 29.6 Å². The van der Waals surface area contributed by atoms with E-state index in [-0.39, 0.29) is 0 Å². The summed E-state index contributed by atoms with van der Waals surface area (Å²) in [5, 5.41) is 1.06. The van der Waals surface area contributed by atoms with Crippen LogP contribution >= 0.6 is 0 Å². The van der Waals surface area contributed by atoms with Crippen molar-refractivity contribution in [1.29, 1.82) is 0 Å². The smallest absolute Gasteiger partial charge is 0.226 e. The summed E-state index contributed by atoms with van der Waals surface area (Å²) in [6, 6.07) is 10.4. The lowest BCUT2D eigenvalue weighted by Crippen LogP contribution is -2.30. The molecule has 3 rings (SSSR count). The first-order valence-electron chi connectivity index (χ1n) is 7.28. The van der Waals surface area contributed by atoms with Gasteiger partial charge in [-0.05, 0) is 32.2 Å². The van der Waals surface area contributed by atoms with Crippen LogP contribution in [0.15, 0.2) is 52.0 Å². The number of aryl methyl sites for hydroxylation is 2. The van der Waals surface area contributed by atoms with Crippen molar-refractivity contribution in [1.82, 2.24) is 0 Å². The first-order valence-corrected chi connectivity index (χ1v) is 7.28. The van der Waals surface area contributed by atoms with Crippen LogP contribution in [0.25, 0.3) is 28.3 Å². The molecular weight excluding hydrogens is 272 g/mol. The third-order valence-corrected chi connectivity index (χ3v) is 3.87. The number of pyridine rings is 1. The quantitative estimate of drug-likeness (QED) is 0.512. The molecule has 0 fully saturated rings. The van der Waals surface area contributed by atoms with Gasteiger partial charge in [-0.1, -0.05) is 24.3 Å². The molecule has 0 aliphatic carbocycles. The molecule has 3 nitrogen and oxygen atoms in total. The van der Waals surface area contributed by atoms with E-state index in [1.54, 1.807) is 0 Å². The fourth-order valence-electron chi connectivity index (χ4n) is 2.81. The van der Waals surface area contributed by atoms with Crippen molar-refractivity contribution in [2.75, 3.05) is 0 Å². The second-order valence-electron chi connectivity index (χ2n) is 5.31. The van der Waals surface area contributed by atoms with Gasteiger partial charge in [0.05, 0.1) is 5.56 Å². The summed E-state index contributed by atoms with van der Waals surface area (Å²) in [6.45, 7) is 7.71. The van der Waals surface area contributed by atoms with Gasteiger partial charge < -0.3 is 4.42 Å². The Morgan fingerprint density at radius 3 is 2.73 bits per heavy atom. The maximum Gasteiger partial charge on any atom is 0.226 e. The molecule has 0 spiro atoms. The molecule has 0 N–H and O–H groups in total. The second kappa shape index (κ2) is 5.60. The summed E-state index contributed by atoms with van der Waals surface area (Å²) < 4.78 is 8.13. The molecule has 0 radical (unpaired) electrons. The van der Waals surface area contributed by atoms with E-state index in [1.165, 1.54) is 5.56 Å². The second-order valence-corrected chi connectivity index (χ2v) is 5.31. The lowest BCUT2D eigenvalue weighted by atomic mass is 10.00. The fourth-order valence-corrected chi connectivity index (χ4v) is 2.81. The van der Waals surface area contributed by atoms with Gasteiger partial charge >= 0.3 is 0 Å². The number of benzene rings is 1. The zero-order chi connectivity index (χ0) is 15.7. The van der Waals surface area contributed by atoms with Crippen LogP contribution in [0.4, 0.5) is 5.88 Å². The highest BCUT2D eigenvalue weighted by Gasteiger charge is 2.21. The molecular formula is C19H19N2O+. The first kappa shape index (κ1) is 14.3. The molecule has 3 heteroatoms. The van der Waals surface area contributed by atoms with Gasteiger partial charge in [-0.25, -0.2) is 9.56 Å². The number of rotatable bonds is 3. The first-order chi connectivity index (χ1) is 10.7. The van der Waals surface area contributed by atoms with Crippen molar-refractivity contribution in [2.24, 2.45) is 12.0 Å². The molecule has 0 saturated heterocycles. The topological polar surface area (TPSA) is 29.4 Å². The lowest BCUT2D eigenvalue weighted by molar-refractivity contribution is -0.660. The highest BCUT2D eigenvalue weighted by Crippen LogP contribution is 2.39. The van der Waals surface area contributed by atoms with E-state index >= 15 is 0 Å². The van der Waals surface area contributed by atoms with Crippen molar-refractivity contribution in [2.45, 2.75) is 13.8 Å². The van der Waals surface area contributed by atoms with E-state index in [0.717, 1.165) is 27.8 Å². The number of aliphatic imine (C=N–C) groups is 1. The Morgan fingerprint density at radius 2 is 2.05 bits per heavy atom. The van der Waals surface area contributed by atoms with Gasteiger partial charge in [0.1, 0.15) is 7.05 Å². The van der Waals surface area contributed by atoms with Gasteiger partial charge in [-0.3, -0.25) is 0 Å². The Morgan fingerprint density at radius 1 is 1.23 bits per heavy atom. The molecule has 110 valence electrons. The highest BCUT2D eigenvalue weighted by molar-refractivity contribution is 6.00. The van der Waals surface area contributed by atoms with Crippen LogP contribution in [-0.2, 0) is 7.05 Å². The van der Waals surface area contributed by atoms with Crippen LogP contribution in [0.3, 0.4) is 0 Å². The number of furan rings is 1. The Bertz CT molecular complexity index is 888. The minimum atomic E-state index is 0.568. The third kappa shape index (κ3) is 2.15. The van der Waals surface area contributed by atoms with Crippen LogP contribution in [0, 0.1) is 6.92 Å². The summed E-state index contributed by atoms with van der Waals surface area (Å²) >= 11 is 0. The number of hydrogen-bond donors (Lipinski definition) is 0. The summed E-state index contributed by atoms with van der Waals surface area (Å²) in [7, 11) is 2.04. The van der Waals surface area contributed by atoms with Gasteiger partial charge in [-0.2, -0.15) is 0 Å². The van der Waals surface area contributed by atoms with Gasteiger partial charge in [0.2, 0.25) is 11.6 Å². The average Bonchev–Trinajstić information content (AvgIpc) is 2.87. The third-order valence-electron chi connectivity index (χ3n) is 3.87. The number of allylic oxidation sites excluding steroid dienone is 1. The lowest BCUT2D eigenvalue weighted by Gasteiger charge is -2.05. The molecule has 3 aromatic rings. The monoisotopic (exact) mass is 291 g/mol. The number of fused-ring (bicyclic) bond motifs is 1. The van der Waals surface area contributed by atoms with E-state index in [0.29, 0.717) is 5.88 Å². The molecule has 0 amide bonds. The number of aromatic nitrogens is 1. The van der Waals surface area contributed by atoms with Crippen molar-refractivity contribution in [3.63, 3.8) is 0 Å². The number of nitrogens with zero attached hydrogens (tertiary/aromatic N) is 2. The summed E-state index contributed by atoms with van der Waals surface area (Å²) in [6.07, 6.45) is 6.04. The number of hydrogen-bond acceptors (Lipinski definition) is 2. The highest BCUT2D eigenvalue weighted by atomic mass is 16.3. The predicted octanol–water partition coefficient (Wildman–Crippen LogP) is 4.60. The Kier molecular flexibility index (Phi) is 3.63. The fraction of sp³-hybridized carbons (Fsp3) is 0.158. The van der Waals surface area contributed by atoms with Crippen molar-refractivity contribution in [3.8, 4) is 11.3 Å². The molecule has 2 aromatic heterocycles. The minimum absolute atomic E-state index is 0.568. The van der Waals surface area contributed by atoms with Crippen molar-refractivity contribution in [3.05, 3.63) is 53.7 Å². The maximum absolute atomic E-state index is 6.03. The van der Waals surface area contributed by atoms with Gasteiger partial charge in [0, 0.05) is 23.1 Å². The molecule has 0 aliphatic heterocycles. The van der Waals surface area contributed by atoms with Gasteiger partial charge in [-0.15, -0.1) is 0 Å². The van der Waals surface area contributed by atoms with E-state index in [4.69, 9.17) is 4.42 Å². The molecule has 0 atom stereocenters. The molecule has 0 aliphatic rings. The molecule has 0 bridgehead atoms. The normalized spacial score (nSPS) is 11.4. The Labute approximate surface area is 130 Å². The van der Waals surface area contributed by atoms with Crippen LogP contribution in [-0.4, -0.2) is 6.72 Å². The molecule has 0 unspecified atom stereocenters. The Hall–Kier alpha value is -2.68. The van der Waals surface area contributed by atoms with Gasteiger partial charge in [0.15, 0.2) is 11.8 Å². The predicted molar refractivity (Wildman–Crippen MR) is 91.5 cm³/mol. The maximum atomic E-state index is 6.03. The van der Waals surface area contributed by atoms with Crippen LogP contribution in [0.2, 0.25) is 0 Å². The van der Waals surface area contributed by atoms with Crippen LogP contribution in [0.5, 0.6) is 0 Å². The standard InChI is InChI=1S/C19H19N2O/c1-5-8-15-14-11-10-13(2)17(18(14)22-19(15)20-3)16-9-6-7-12-21(16)4/h5-12H,3H2,1-2,4H3/q+1/b8-5-. The summed E-state index contributed by atoms with van der Waals surface area (Å²) in [5.41, 5.74) is 5.22. The van der Waals surface area contributed by atoms with Crippen molar-refractivity contribution < 1.29 is 8.98 Å². The largest absolute Gasteiger partial charge is 0.437 e. The van der Waals surface area contributed by atoms with E-state index in [1.807, 2.05) is 44.5 Å². The molecule has 0 saturated carbocycles. The molecule has 2 heterocycles. The molecule has 1 aromatic carbocycles. The minimum Gasteiger partial charge on any atom is -0.437 e. The van der Waals surface area contributed by atoms with Crippen LogP contribution in [0.1, 0.15) is 18.1 Å². The zero-order valence-electron chi connectivity index (χ0n) is 13.1. The van der Waals surface area contributed by atoms with E-state index in [9.17, 15) is 0 Å². The van der Waals surface area contributed by atoms with Crippen LogP contribution < -0.4 is 4.57 Å². The molecule has 22 heavy (non-hydrogen) atoms. The summed E-state index contributed by atoms with van der Waals surface area (Å²) in [4.78, 5) is 4.04. The average molecular weight is 291 g/mol. The summed E-state index contributed by atoms with van der Waals surface area (Å²) in [5.74, 6) is 0.568. The zero-order valence-corrected chi connectivity index (χ0v) is 13.1. The van der Waals surface area contributed by atoms with E-state index in [2.05, 4.69) is 41.4 Å². The SMILES string of the molecule is C=Nc1oc2c(-c3cccc[n+]3C)c(C)ccc2c1/C=C\C. The Balaban J connectivity index is 2.43. The van der Waals surface area contributed by atoms with Gasteiger partial charge in [0.25, 0.3) is 0 Å². The van der Waals surface area contributed by atoms with E-state index < -0.39 is 0 Å².